The minimum atomic E-state index is -4.02. The summed E-state index contributed by atoms with van der Waals surface area (Å²) in [4.78, 5) is 23.4. The first kappa shape index (κ1) is 25.9. The summed E-state index contributed by atoms with van der Waals surface area (Å²) in [6, 6.07) is 0. The standard InChI is InChI=1S/C15H28O10S2/c1-10(2)13(17)24-11(3)25-14(18)12(16)15(4,5)9-23-27(21,22)8-6-7-26(19)20/h10-12,16H,6-9H2,1-5H3,(H,19,20)/p-1/t11?,12-/m1/s1. The van der Waals surface area contributed by atoms with E-state index in [1.165, 1.54) is 20.8 Å². The fourth-order valence-electron chi connectivity index (χ4n) is 1.60. The molecule has 0 rings (SSSR count). The molecule has 0 radical (unpaired) electrons. The van der Waals surface area contributed by atoms with E-state index in [0.717, 1.165) is 0 Å². The van der Waals surface area contributed by atoms with E-state index in [-0.39, 0.29) is 12.2 Å². The van der Waals surface area contributed by atoms with Crippen molar-refractivity contribution >= 4 is 33.1 Å². The van der Waals surface area contributed by atoms with Crippen LogP contribution in [-0.2, 0) is 44.4 Å². The molecule has 0 fully saturated rings. The fraction of sp³-hybridized carbons (Fsp3) is 0.867. The SMILES string of the molecule is CC(OC(=O)C(C)C)OC(=O)[C@@H](O)C(C)(C)COS(=O)(=O)CCCS(=O)[O-]. The lowest BCUT2D eigenvalue weighted by Crippen LogP contribution is -2.43. The van der Waals surface area contributed by atoms with E-state index in [0.29, 0.717) is 0 Å². The van der Waals surface area contributed by atoms with Crippen molar-refractivity contribution in [2.24, 2.45) is 11.3 Å². The zero-order valence-electron chi connectivity index (χ0n) is 16.0. The summed E-state index contributed by atoms with van der Waals surface area (Å²) in [7, 11) is -4.02. The molecule has 0 aliphatic heterocycles. The number of esters is 2. The van der Waals surface area contributed by atoms with Crippen LogP contribution in [-0.4, -0.2) is 64.7 Å². The van der Waals surface area contributed by atoms with Crippen molar-refractivity contribution in [3.8, 4) is 0 Å². The van der Waals surface area contributed by atoms with Gasteiger partial charge in [-0.2, -0.15) is 8.42 Å². The summed E-state index contributed by atoms with van der Waals surface area (Å²) in [6.45, 7) is 6.73. The molecule has 0 saturated heterocycles. The van der Waals surface area contributed by atoms with Crippen molar-refractivity contribution in [2.75, 3.05) is 18.1 Å². The van der Waals surface area contributed by atoms with Crippen LogP contribution in [0.1, 0.15) is 41.0 Å². The second kappa shape index (κ2) is 11.1. The number of ether oxygens (including phenoxy) is 2. The molecule has 0 aromatic carbocycles. The Morgan fingerprint density at radius 1 is 1.15 bits per heavy atom. The van der Waals surface area contributed by atoms with Gasteiger partial charge >= 0.3 is 11.9 Å². The van der Waals surface area contributed by atoms with E-state index in [1.807, 2.05) is 0 Å². The minimum Gasteiger partial charge on any atom is -0.772 e. The Labute approximate surface area is 162 Å². The molecule has 160 valence electrons. The van der Waals surface area contributed by atoms with Crippen LogP contribution in [0.3, 0.4) is 0 Å². The molecule has 0 aliphatic rings. The minimum absolute atomic E-state index is 0.137. The first-order valence-electron chi connectivity index (χ1n) is 8.20. The van der Waals surface area contributed by atoms with Crippen LogP contribution in [0.2, 0.25) is 0 Å². The summed E-state index contributed by atoms with van der Waals surface area (Å²) in [6.07, 6.45) is -3.11. The summed E-state index contributed by atoms with van der Waals surface area (Å²) in [5.74, 6) is -2.96. The summed E-state index contributed by atoms with van der Waals surface area (Å²) in [5, 5.41) is 10.1. The number of carbonyl (C=O) groups is 2. The summed E-state index contributed by atoms with van der Waals surface area (Å²) >= 11 is -2.36. The van der Waals surface area contributed by atoms with E-state index in [9.17, 15) is 31.9 Å². The topological polar surface area (TPSA) is 156 Å². The van der Waals surface area contributed by atoms with Gasteiger partial charge in [0.15, 0.2) is 6.10 Å². The Morgan fingerprint density at radius 2 is 1.67 bits per heavy atom. The lowest BCUT2D eigenvalue weighted by molar-refractivity contribution is -0.196. The number of hydrogen-bond acceptors (Lipinski definition) is 10. The molecular weight excluding hydrogens is 404 g/mol. The number of rotatable bonds is 12. The van der Waals surface area contributed by atoms with E-state index < -0.39 is 69.2 Å². The largest absolute Gasteiger partial charge is 0.772 e. The van der Waals surface area contributed by atoms with Crippen molar-refractivity contribution in [3.05, 3.63) is 0 Å². The number of carbonyl (C=O) groups excluding carboxylic acids is 2. The van der Waals surface area contributed by atoms with Gasteiger partial charge in [-0.25, -0.2) is 4.79 Å². The molecule has 0 spiro atoms. The van der Waals surface area contributed by atoms with Crippen molar-refractivity contribution in [1.82, 2.24) is 0 Å². The Kier molecular flexibility index (Phi) is 10.6. The highest BCUT2D eigenvalue weighted by atomic mass is 32.2. The van der Waals surface area contributed by atoms with Gasteiger partial charge in [-0.05, 0) is 6.42 Å². The lowest BCUT2D eigenvalue weighted by Gasteiger charge is -2.29. The van der Waals surface area contributed by atoms with Gasteiger partial charge in [-0.3, -0.25) is 13.2 Å². The maximum absolute atomic E-state index is 12.0. The second-order valence-corrected chi connectivity index (χ2v) is 9.65. The molecule has 0 aromatic heterocycles. The molecule has 0 saturated carbocycles. The zero-order chi connectivity index (χ0) is 21.4. The molecule has 0 aromatic rings. The first-order chi connectivity index (χ1) is 12.2. The highest BCUT2D eigenvalue weighted by Gasteiger charge is 2.37. The second-order valence-electron chi connectivity index (χ2n) is 6.87. The van der Waals surface area contributed by atoms with Gasteiger partial charge in [0, 0.05) is 18.1 Å². The van der Waals surface area contributed by atoms with Gasteiger partial charge in [0.05, 0.1) is 18.3 Å². The Hall–Kier alpha value is -1.08. The molecule has 12 heteroatoms. The third kappa shape index (κ3) is 10.7. The summed E-state index contributed by atoms with van der Waals surface area (Å²) < 4.78 is 58.7. The average Bonchev–Trinajstić information content (AvgIpc) is 2.51. The number of aliphatic hydroxyl groups is 1. The predicted octanol–water partition coefficient (Wildman–Crippen LogP) is 0.0775. The van der Waals surface area contributed by atoms with Crippen LogP contribution < -0.4 is 0 Å². The van der Waals surface area contributed by atoms with Gasteiger partial charge in [-0.15, -0.1) is 0 Å². The van der Waals surface area contributed by atoms with Crippen molar-refractivity contribution in [2.45, 2.75) is 53.4 Å². The predicted molar refractivity (Wildman–Crippen MR) is 94.4 cm³/mol. The summed E-state index contributed by atoms with van der Waals surface area (Å²) in [5.41, 5.74) is -1.34. The fourth-order valence-corrected chi connectivity index (χ4v) is 3.27. The van der Waals surface area contributed by atoms with E-state index in [4.69, 9.17) is 13.7 Å². The van der Waals surface area contributed by atoms with Gasteiger partial charge < -0.3 is 19.1 Å². The Morgan fingerprint density at radius 3 is 2.15 bits per heavy atom. The van der Waals surface area contributed by atoms with Gasteiger partial charge in [0.25, 0.3) is 10.1 Å². The van der Waals surface area contributed by atoms with Crippen molar-refractivity contribution < 1.29 is 45.5 Å². The van der Waals surface area contributed by atoms with Crippen LogP contribution in [0, 0.1) is 11.3 Å². The maximum Gasteiger partial charge on any atom is 0.338 e. The Balaban J connectivity index is 4.64. The number of aliphatic hydroxyl groups excluding tert-OH is 1. The molecule has 0 amide bonds. The van der Waals surface area contributed by atoms with Gasteiger partial charge in [-0.1, -0.05) is 38.8 Å². The highest BCUT2D eigenvalue weighted by Crippen LogP contribution is 2.24. The molecule has 1 N–H and O–H groups in total. The average molecular weight is 432 g/mol. The van der Waals surface area contributed by atoms with Crippen LogP contribution in [0.25, 0.3) is 0 Å². The van der Waals surface area contributed by atoms with E-state index >= 15 is 0 Å². The zero-order valence-corrected chi connectivity index (χ0v) is 17.6. The first-order valence-corrected chi connectivity index (χ1v) is 11.0. The molecule has 3 atom stereocenters. The maximum atomic E-state index is 12.0. The smallest absolute Gasteiger partial charge is 0.338 e. The molecule has 27 heavy (non-hydrogen) atoms. The molecule has 0 aliphatic carbocycles. The van der Waals surface area contributed by atoms with Crippen LogP contribution in [0.15, 0.2) is 0 Å². The van der Waals surface area contributed by atoms with Crippen molar-refractivity contribution in [1.29, 1.82) is 0 Å². The molecule has 0 heterocycles. The third-order valence-corrected chi connectivity index (χ3v) is 5.20. The molecular formula is C15H27O10S2-. The van der Waals surface area contributed by atoms with Crippen LogP contribution in [0.4, 0.5) is 0 Å². The van der Waals surface area contributed by atoms with E-state index in [1.54, 1.807) is 13.8 Å². The van der Waals surface area contributed by atoms with Crippen molar-refractivity contribution in [3.63, 3.8) is 0 Å². The molecule has 2 unspecified atom stereocenters. The highest BCUT2D eigenvalue weighted by molar-refractivity contribution is 7.86. The Bertz CT molecular complexity index is 627. The quantitative estimate of drug-likeness (QED) is 0.194. The molecule has 0 bridgehead atoms. The monoisotopic (exact) mass is 431 g/mol. The van der Waals surface area contributed by atoms with Crippen LogP contribution >= 0.6 is 0 Å². The lowest BCUT2D eigenvalue weighted by atomic mass is 9.88. The van der Waals surface area contributed by atoms with E-state index in [2.05, 4.69) is 0 Å². The number of hydrogen-bond donors (Lipinski definition) is 1. The molecule has 10 nitrogen and oxygen atoms in total. The third-order valence-electron chi connectivity index (χ3n) is 3.31. The van der Waals surface area contributed by atoms with Gasteiger partial charge in [0.2, 0.25) is 6.29 Å². The van der Waals surface area contributed by atoms with Gasteiger partial charge in [0.1, 0.15) is 0 Å². The normalized spacial score (nSPS) is 15.9. The van der Waals surface area contributed by atoms with Crippen LogP contribution in [0.5, 0.6) is 0 Å².